The molecule has 1 saturated heterocycles. The largest absolute Gasteiger partial charge is 0.360 e. The van der Waals surface area contributed by atoms with Crippen molar-refractivity contribution in [3.63, 3.8) is 0 Å². The molecule has 144 valence electrons. The predicted molar refractivity (Wildman–Crippen MR) is 98.8 cm³/mol. The van der Waals surface area contributed by atoms with E-state index in [0.717, 1.165) is 12.8 Å². The van der Waals surface area contributed by atoms with Crippen molar-refractivity contribution in [1.29, 1.82) is 0 Å². The first-order valence-electron chi connectivity index (χ1n) is 9.91. The van der Waals surface area contributed by atoms with Gasteiger partial charge in [0.15, 0.2) is 5.82 Å². The second kappa shape index (κ2) is 9.05. The van der Waals surface area contributed by atoms with Gasteiger partial charge in [0.25, 0.3) is 0 Å². The van der Waals surface area contributed by atoms with Gasteiger partial charge in [0.1, 0.15) is 5.76 Å². The van der Waals surface area contributed by atoms with E-state index in [1.807, 2.05) is 4.90 Å². The Bertz CT molecular complexity index is 600. The van der Waals surface area contributed by atoms with Crippen LogP contribution in [-0.2, 0) is 4.79 Å². The zero-order chi connectivity index (χ0) is 18.4. The average molecular weight is 362 g/mol. The van der Waals surface area contributed by atoms with Crippen molar-refractivity contribution in [3.05, 3.63) is 11.8 Å². The summed E-state index contributed by atoms with van der Waals surface area (Å²) in [4.78, 5) is 26.7. The van der Waals surface area contributed by atoms with Crippen molar-refractivity contribution >= 4 is 17.8 Å². The van der Waals surface area contributed by atoms with E-state index >= 15 is 0 Å². The van der Waals surface area contributed by atoms with Crippen LogP contribution in [0.1, 0.15) is 63.5 Å². The lowest BCUT2D eigenvalue weighted by Crippen LogP contribution is -2.49. The van der Waals surface area contributed by atoms with Crippen LogP contribution in [0.4, 0.5) is 10.6 Å². The van der Waals surface area contributed by atoms with E-state index < -0.39 is 0 Å². The van der Waals surface area contributed by atoms with Gasteiger partial charge in [0.2, 0.25) is 5.91 Å². The number of aromatic nitrogens is 1. The van der Waals surface area contributed by atoms with Gasteiger partial charge in [0, 0.05) is 31.1 Å². The molecule has 0 spiro atoms. The van der Waals surface area contributed by atoms with Gasteiger partial charge in [-0.25, -0.2) is 4.79 Å². The summed E-state index contributed by atoms with van der Waals surface area (Å²) in [5, 5.41) is 9.79. The Morgan fingerprint density at radius 2 is 1.73 bits per heavy atom. The first kappa shape index (κ1) is 18.7. The second-order valence-corrected chi connectivity index (χ2v) is 7.56. The van der Waals surface area contributed by atoms with Crippen LogP contribution in [0.5, 0.6) is 0 Å². The number of anilines is 1. The monoisotopic (exact) mass is 362 g/mol. The van der Waals surface area contributed by atoms with Crippen LogP contribution in [0.15, 0.2) is 10.6 Å². The van der Waals surface area contributed by atoms with Gasteiger partial charge in [-0.05, 0) is 32.6 Å². The summed E-state index contributed by atoms with van der Waals surface area (Å²) in [6, 6.07) is 2.04. The molecule has 0 unspecified atom stereocenters. The number of piperidine rings is 1. The van der Waals surface area contributed by atoms with E-state index in [1.54, 1.807) is 13.0 Å². The Morgan fingerprint density at radius 1 is 1.08 bits per heavy atom. The lowest BCUT2D eigenvalue weighted by Gasteiger charge is -2.33. The molecule has 1 saturated carbocycles. The first-order valence-corrected chi connectivity index (χ1v) is 9.91. The van der Waals surface area contributed by atoms with Crippen LogP contribution in [0.25, 0.3) is 0 Å². The molecule has 0 radical (unpaired) electrons. The molecule has 0 bridgehead atoms. The number of likely N-dealkylation sites (tertiary alicyclic amines) is 1. The van der Waals surface area contributed by atoms with Gasteiger partial charge in [-0.2, -0.15) is 0 Å². The average Bonchev–Trinajstić information content (AvgIpc) is 3.02. The molecule has 1 aromatic rings. The molecule has 3 amide bonds. The number of urea groups is 1. The Morgan fingerprint density at radius 3 is 2.35 bits per heavy atom. The number of rotatable bonds is 3. The van der Waals surface area contributed by atoms with Crippen LogP contribution >= 0.6 is 0 Å². The molecule has 2 aliphatic rings. The number of carbonyl (C=O) groups excluding carboxylic acids is 2. The van der Waals surface area contributed by atoms with Crippen LogP contribution in [0, 0.1) is 12.8 Å². The minimum absolute atomic E-state index is 0.0292. The van der Waals surface area contributed by atoms with Crippen molar-refractivity contribution in [3.8, 4) is 0 Å². The third kappa shape index (κ3) is 5.22. The highest BCUT2D eigenvalue weighted by molar-refractivity contribution is 5.91. The molecule has 2 fully saturated rings. The Kier molecular flexibility index (Phi) is 6.52. The van der Waals surface area contributed by atoms with E-state index in [9.17, 15) is 9.59 Å². The number of nitrogens with one attached hydrogen (secondary N) is 2. The highest BCUT2D eigenvalue weighted by Gasteiger charge is 2.28. The SMILES string of the molecule is Cc1cc(NC(=O)C2CCN(C(=O)NC3CCCCCCC3)CC2)no1. The van der Waals surface area contributed by atoms with E-state index in [-0.39, 0.29) is 17.9 Å². The number of nitrogens with zero attached hydrogens (tertiary/aromatic N) is 2. The topological polar surface area (TPSA) is 87.5 Å². The molecule has 0 atom stereocenters. The molecule has 3 rings (SSSR count). The number of hydrogen-bond acceptors (Lipinski definition) is 4. The molecule has 1 aliphatic heterocycles. The number of carbonyl (C=O) groups is 2. The Labute approximate surface area is 154 Å². The Balaban J connectivity index is 1.42. The lowest BCUT2D eigenvalue weighted by atomic mass is 9.95. The maximum absolute atomic E-state index is 12.5. The molecule has 2 N–H and O–H groups in total. The molecular formula is C19H30N4O3. The van der Waals surface area contributed by atoms with Crippen LogP contribution in [0.3, 0.4) is 0 Å². The molecule has 2 heterocycles. The molecule has 1 aliphatic carbocycles. The fourth-order valence-corrected chi connectivity index (χ4v) is 3.86. The summed E-state index contributed by atoms with van der Waals surface area (Å²) in [5.41, 5.74) is 0. The fraction of sp³-hybridized carbons (Fsp3) is 0.737. The second-order valence-electron chi connectivity index (χ2n) is 7.56. The summed E-state index contributed by atoms with van der Waals surface area (Å²) >= 11 is 0. The molecule has 26 heavy (non-hydrogen) atoms. The zero-order valence-electron chi connectivity index (χ0n) is 15.6. The fourth-order valence-electron chi connectivity index (χ4n) is 3.86. The van der Waals surface area contributed by atoms with Crippen LogP contribution < -0.4 is 10.6 Å². The summed E-state index contributed by atoms with van der Waals surface area (Å²) in [7, 11) is 0. The summed E-state index contributed by atoms with van der Waals surface area (Å²) in [6.07, 6.45) is 9.81. The minimum atomic E-state index is -0.0857. The zero-order valence-corrected chi connectivity index (χ0v) is 15.6. The van der Waals surface area contributed by atoms with Crippen molar-refractivity contribution in [2.75, 3.05) is 18.4 Å². The van der Waals surface area contributed by atoms with Crippen molar-refractivity contribution < 1.29 is 14.1 Å². The summed E-state index contributed by atoms with van der Waals surface area (Å²) < 4.78 is 4.96. The highest BCUT2D eigenvalue weighted by atomic mass is 16.5. The van der Waals surface area contributed by atoms with E-state index in [2.05, 4.69) is 15.8 Å². The molecule has 7 nitrogen and oxygen atoms in total. The maximum atomic E-state index is 12.5. The summed E-state index contributed by atoms with van der Waals surface area (Å²) in [6.45, 7) is 3.03. The van der Waals surface area contributed by atoms with Gasteiger partial charge in [0.05, 0.1) is 0 Å². The normalized spacial score (nSPS) is 20.3. The molecular weight excluding hydrogens is 332 g/mol. The smallest absolute Gasteiger partial charge is 0.317 e. The third-order valence-electron chi connectivity index (χ3n) is 5.46. The van der Waals surface area contributed by atoms with Crippen molar-refractivity contribution in [1.82, 2.24) is 15.4 Å². The number of amides is 3. The van der Waals surface area contributed by atoms with Gasteiger partial charge in [-0.3, -0.25) is 4.79 Å². The van der Waals surface area contributed by atoms with Crippen molar-refractivity contribution in [2.45, 2.75) is 70.8 Å². The van der Waals surface area contributed by atoms with Gasteiger partial charge in [-0.15, -0.1) is 0 Å². The molecule has 0 aromatic carbocycles. The van der Waals surface area contributed by atoms with Crippen LogP contribution in [-0.4, -0.2) is 41.1 Å². The number of hydrogen-bond donors (Lipinski definition) is 2. The van der Waals surface area contributed by atoms with Gasteiger partial charge >= 0.3 is 6.03 Å². The van der Waals surface area contributed by atoms with Crippen molar-refractivity contribution in [2.24, 2.45) is 5.92 Å². The standard InChI is InChI=1S/C19H30N4O3/c1-14-13-17(22-26-14)21-18(24)15-9-11-23(12-10-15)19(25)20-16-7-5-3-2-4-6-8-16/h13,15-16H,2-12H2,1H3,(H,20,25)(H,21,22,24). The highest BCUT2D eigenvalue weighted by Crippen LogP contribution is 2.21. The van der Waals surface area contributed by atoms with Crippen LogP contribution in [0.2, 0.25) is 0 Å². The maximum Gasteiger partial charge on any atom is 0.317 e. The summed E-state index contributed by atoms with van der Waals surface area (Å²) in [5.74, 6) is 0.994. The van der Waals surface area contributed by atoms with Gasteiger partial charge in [-0.1, -0.05) is 37.3 Å². The predicted octanol–water partition coefficient (Wildman–Crippen LogP) is 3.46. The van der Waals surface area contributed by atoms with E-state index in [4.69, 9.17) is 4.52 Å². The first-order chi connectivity index (χ1) is 12.6. The Hall–Kier alpha value is -2.05. The minimum Gasteiger partial charge on any atom is -0.360 e. The molecule has 7 heteroatoms. The quantitative estimate of drug-likeness (QED) is 0.862. The third-order valence-corrected chi connectivity index (χ3v) is 5.46. The number of aryl methyl sites for hydroxylation is 1. The van der Waals surface area contributed by atoms with E-state index in [0.29, 0.717) is 43.6 Å². The van der Waals surface area contributed by atoms with E-state index in [1.165, 1.54) is 32.1 Å². The van der Waals surface area contributed by atoms with Gasteiger partial charge < -0.3 is 20.1 Å². The lowest BCUT2D eigenvalue weighted by molar-refractivity contribution is -0.121. The molecule has 1 aromatic heterocycles.